The van der Waals surface area contributed by atoms with E-state index in [0.717, 1.165) is 42.3 Å². The van der Waals surface area contributed by atoms with E-state index in [1.807, 2.05) is 24.4 Å². The largest absolute Gasteiger partial charge is 0.378 e. The molecule has 1 saturated carbocycles. The van der Waals surface area contributed by atoms with Crippen LogP contribution in [0.3, 0.4) is 0 Å². The van der Waals surface area contributed by atoms with Crippen molar-refractivity contribution in [1.29, 1.82) is 0 Å². The molecule has 21 heavy (non-hydrogen) atoms. The highest BCUT2D eigenvalue weighted by Gasteiger charge is 2.31. The molecule has 3 rings (SSSR count). The predicted molar refractivity (Wildman–Crippen MR) is 84.6 cm³/mol. The van der Waals surface area contributed by atoms with Crippen molar-refractivity contribution >= 4 is 10.9 Å². The standard InChI is InChI=1S/C17H23N3O/c1-2-21-15-7-12(8-15)9-17(20-18)14-10-13-5-3-4-6-16(13)19-11-14/h3-6,10-12,15,17,20H,2,7-9,18H2,1H3. The molecule has 0 spiro atoms. The average molecular weight is 285 g/mol. The Morgan fingerprint density at radius 2 is 2.19 bits per heavy atom. The van der Waals surface area contributed by atoms with Gasteiger partial charge in [0.25, 0.3) is 0 Å². The van der Waals surface area contributed by atoms with Crippen LogP contribution in [0.25, 0.3) is 10.9 Å². The molecule has 1 heterocycles. The summed E-state index contributed by atoms with van der Waals surface area (Å²) in [6.07, 6.45) is 5.72. The van der Waals surface area contributed by atoms with Gasteiger partial charge in [0.1, 0.15) is 0 Å². The van der Waals surface area contributed by atoms with Crippen LogP contribution in [0.15, 0.2) is 36.5 Å². The van der Waals surface area contributed by atoms with Crippen molar-refractivity contribution in [2.24, 2.45) is 11.8 Å². The number of pyridine rings is 1. The Morgan fingerprint density at radius 3 is 2.95 bits per heavy atom. The zero-order chi connectivity index (χ0) is 14.7. The van der Waals surface area contributed by atoms with Gasteiger partial charge in [-0.2, -0.15) is 0 Å². The number of hydrogen-bond acceptors (Lipinski definition) is 4. The summed E-state index contributed by atoms with van der Waals surface area (Å²) in [6.45, 7) is 2.86. The van der Waals surface area contributed by atoms with Crippen molar-refractivity contribution in [1.82, 2.24) is 10.4 Å². The molecule has 1 aliphatic rings. The molecule has 1 atom stereocenters. The number of nitrogens with one attached hydrogen (secondary N) is 1. The van der Waals surface area contributed by atoms with Gasteiger partial charge in [-0.3, -0.25) is 16.3 Å². The van der Waals surface area contributed by atoms with Gasteiger partial charge < -0.3 is 4.74 Å². The van der Waals surface area contributed by atoms with E-state index in [4.69, 9.17) is 10.6 Å². The molecule has 4 nitrogen and oxygen atoms in total. The summed E-state index contributed by atoms with van der Waals surface area (Å²) in [5.74, 6) is 6.45. The second-order valence-corrected chi connectivity index (χ2v) is 5.83. The Balaban J connectivity index is 1.67. The molecular weight excluding hydrogens is 262 g/mol. The molecule has 2 aromatic rings. The minimum absolute atomic E-state index is 0.162. The maximum Gasteiger partial charge on any atom is 0.0702 e. The van der Waals surface area contributed by atoms with Crippen LogP contribution in [0, 0.1) is 5.92 Å². The van der Waals surface area contributed by atoms with Gasteiger partial charge in [0, 0.05) is 24.2 Å². The van der Waals surface area contributed by atoms with Crippen LogP contribution in [0.4, 0.5) is 0 Å². The molecule has 0 bridgehead atoms. The summed E-state index contributed by atoms with van der Waals surface area (Å²) in [4.78, 5) is 4.53. The summed E-state index contributed by atoms with van der Waals surface area (Å²) < 4.78 is 5.62. The van der Waals surface area contributed by atoms with Gasteiger partial charge in [-0.1, -0.05) is 18.2 Å². The maximum atomic E-state index is 5.76. The highest BCUT2D eigenvalue weighted by molar-refractivity contribution is 5.78. The quantitative estimate of drug-likeness (QED) is 0.633. The first-order chi connectivity index (χ1) is 10.3. The van der Waals surface area contributed by atoms with Gasteiger partial charge in [-0.15, -0.1) is 0 Å². The summed E-state index contributed by atoms with van der Waals surface area (Å²) in [7, 11) is 0. The van der Waals surface area contributed by atoms with Crippen LogP contribution >= 0.6 is 0 Å². The molecule has 1 aliphatic carbocycles. The second-order valence-electron chi connectivity index (χ2n) is 5.83. The molecule has 1 fully saturated rings. The van der Waals surface area contributed by atoms with E-state index in [2.05, 4.69) is 29.5 Å². The monoisotopic (exact) mass is 285 g/mol. The normalized spacial score (nSPS) is 23.0. The molecule has 1 unspecified atom stereocenters. The van der Waals surface area contributed by atoms with Crippen LogP contribution in [-0.4, -0.2) is 17.7 Å². The number of fused-ring (bicyclic) bond motifs is 1. The molecule has 4 heteroatoms. The molecule has 0 amide bonds. The number of aromatic nitrogens is 1. The number of nitrogens with two attached hydrogens (primary N) is 1. The third kappa shape index (κ3) is 3.23. The highest BCUT2D eigenvalue weighted by Crippen LogP contribution is 2.36. The molecule has 112 valence electrons. The Morgan fingerprint density at radius 1 is 1.38 bits per heavy atom. The highest BCUT2D eigenvalue weighted by atomic mass is 16.5. The number of para-hydroxylation sites is 1. The van der Waals surface area contributed by atoms with E-state index in [1.165, 1.54) is 0 Å². The summed E-state index contributed by atoms with van der Waals surface area (Å²) >= 11 is 0. The average Bonchev–Trinajstić information content (AvgIpc) is 2.49. The number of nitrogens with zero attached hydrogens (tertiary/aromatic N) is 1. The van der Waals surface area contributed by atoms with Crippen molar-refractivity contribution in [3.63, 3.8) is 0 Å². The summed E-state index contributed by atoms with van der Waals surface area (Å²) in [5.41, 5.74) is 5.14. The third-order valence-corrected chi connectivity index (χ3v) is 4.38. The van der Waals surface area contributed by atoms with Gasteiger partial charge in [-0.25, -0.2) is 0 Å². The lowest BCUT2D eigenvalue weighted by Crippen LogP contribution is -2.36. The van der Waals surface area contributed by atoms with E-state index in [-0.39, 0.29) is 6.04 Å². The first-order valence-corrected chi connectivity index (χ1v) is 7.72. The Hall–Kier alpha value is -1.49. The van der Waals surface area contributed by atoms with E-state index < -0.39 is 0 Å². The van der Waals surface area contributed by atoms with Crippen LogP contribution in [0.2, 0.25) is 0 Å². The van der Waals surface area contributed by atoms with Crippen molar-refractivity contribution < 1.29 is 4.74 Å². The smallest absolute Gasteiger partial charge is 0.0702 e. The summed E-state index contributed by atoms with van der Waals surface area (Å²) in [6, 6.07) is 10.5. The van der Waals surface area contributed by atoms with Crippen LogP contribution in [0.1, 0.15) is 37.8 Å². The molecule has 0 saturated heterocycles. The lowest BCUT2D eigenvalue weighted by atomic mass is 9.77. The van der Waals surface area contributed by atoms with Gasteiger partial charge >= 0.3 is 0 Å². The molecular formula is C17H23N3O. The maximum absolute atomic E-state index is 5.76. The predicted octanol–water partition coefficient (Wildman–Crippen LogP) is 2.94. The number of ether oxygens (including phenoxy) is 1. The van der Waals surface area contributed by atoms with Crippen LogP contribution < -0.4 is 11.3 Å². The van der Waals surface area contributed by atoms with Crippen molar-refractivity contribution in [3.8, 4) is 0 Å². The van der Waals surface area contributed by atoms with E-state index >= 15 is 0 Å². The first-order valence-electron chi connectivity index (χ1n) is 7.72. The zero-order valence-corrected chi connectivity index (χ0v) is 12.5. The van der Waals surface area contributed by atoms with E-state index in [0.29, 0.717) is 12.0 Å². The van der Waals surface area contributed by atoms with E-state index in [9.17, 15) is 0 Å². The van der Waals surface area contributed by atoms with Gasteiger partial charge in [0.15, 0.2) is 0 Å². The Labute approximate surface area is 125 Å². The van der Waals surface area contributed by atoms with E-state index in [1.54, 1.807) is 0 Å². The summed E-state index contributed by atoms with van der Waals surface area (Å²) in [5, 5.41) is 1.16. The zero-order valence-electron chi connectivity index (χ0n) is 12.5. The second kappa shape index (κ2) is 6.52. The lowest BCUT2D eigenvalue weighted by molar-refractivity contribution is -0.0291. The number of benzene rings is 1. The number of hydrazine groups is 1. The Kier molecular flexibility index (Phi) is 4.48. The molecule has 0 radical (unpaired) electrons. The van der Waals surface area contributed by atoms with Crippen molar-refractivity contribution in [2.75, 3.05) is 6.61 Å². The topological polar surface area (TPSA) is 60.2 Å². The molecule has 0 aliphatic heterocycles. The van der Waals surface area contributed by atoms with Crippen molar-refractivity contribution in [2.45, 2.75) is 38.3 Å². The fourth-order valence-electron chi connectivity index (χ4n) is 3.15. The fourth-order valence-corrected chi connectivity index (χ4v) is 3.15. The SMILES string of the molecule is CCOC1CC(CC(NN)c2cnc3ccccc3c2)C1. The number of rotatable bonds is 6. The van der Waals surface area contributed by atoms with Gasteiger partial charge in [-0.05, 0) is 49.8 Å². The van der Waals surface area contributed by atoms with Gasteiger partial charge in [0.2, 0.25) is 0 Å². The first kappa shape index (κ1) is 14.4. The molecule has 1 aromatic carbocycles. The van der Waals surface area contributed by atoms with Crippen molar-refractivity contribution in [3.05, 3.63) is 42.1 Å². The molecule has 3 N–H and O–H groups in total. The van der Waals surface area contributed by atoms with Crippen LogP contribution in [-0.2, 0) is 4.74 Å². The minimum Gasteiger partial charge on any atom is -0.378 e. The third-order valence-electron chi connectivity index (χ3n) is 4.38. The number of hydrogen-bond donors (Lipinski definition) is 2. The van der Waals surface area contributed by atoms with Gasteiger partial charge in [0.05, 0.1) is 11.6 Å². The fraction of sp³-hybridized carbons (Fsp3) is 0.471. The Bertz CT molecular complexity index is 595. The van der Waals surface area contributed by atoms with Crippen LogP contribution in [0.5, 0.6) is 0 Å². The minimum atomic E-state index is 0.162. The molecule has 1 aromatic heterocycles. The lowest BCUT2D eigenvalue weighted by Gasteiger charge is -2.37.